The summed E-state index contributed by atoms with van der Waals surface area (Å²) in [6.07, 6.45) is 2.33. The lowest BCUT2D eigenvalue weighted by Gasteiger charge is -2.17. The molecule has 0 aliphatic rings. The molecule has 2 N–H and O–H groups in total. The number of nitrogens with two attached hydrogens (primary N) is 1. The third-order valence-corrected chi connectivity index (χ3v) is 2.49. The van der Waals surface area contributed by atoms with E-state index in [4.69, 9.17) is 10.5 Å². The van der Waals surface area contributed by atoms with Gasteiger partial charge in [-0.3, -0.25) is 9.78 Å². The highest BCUT2D eigenvalue weighted by Gasteiger charge is 2.14. The molecule has 5 nitrogen and oxygen atoms in total. The minimum atomic E-state index is -0.105. The standard InChI is InChI=1S/C12H19N3O2/c1-9-7-11(13)10(8-14-9)12(16)15(2)5-4-6-17-3/h7-8H,4-6H2,1-3H3,(H2,13,14). The van der Waals surface area contributed by atoms with Gasteiger partial charge < -0.3 is 15.4 Å². The fraction of sp³-hybridized carbons (Fsp3) is 0.500. The molecule has 1 aromatic heterocycles. The van der Waals surface area contributed by atoms with Gasteiger partial charge in [0.1, 0.15) is 0 Å². The zero-order valence-corrected chi connectivity index (χ0v) is 10.6. The monoisotopic (exact) mass is 237 g/mol. The van der Waals surface area contributed by atoms with E-state index in [0.717, 1.165) is 12.1 Å². The number of nitrogen functional groups attached to an aromatic ring is 1. The van der Waals surface area contributed by atoms with Crippen molar-refractivity contribution < 1.29 is 9.53 Å². The van der Waals surface area contributed by atoms with Gasteiger partial charge in [-0.2, -0.15) is 0 Å². The van der Waals surface area contributed by atoms with Gasteiger partial charge in [-0.1, -0.05) is 0 Å². The summed E-state index contributed by atoms with van der Waals surface area (Å²) in [4.78, 5) is 17.8. The topological polar surface area (TPSA) is 68.5 Å². The van der Waals surface area contributed by atoms with Crippen LogP contribution in [0.25, 0.3) is 0 Å². The van der Waals surface area contributed by atoms with E-state index in [1.165, 1.54) is 6.20 Å². The summed E-state index contributed by atoms with van der Waals surface area (Å²) in [5, 5.41) is 0. The number of rotatable bonds is 5. The molecule has 1 aromatic rings. The van der Waals surface area contributed by atoms with Gasteiger partial charge in [0.2, 0.25) is 0 Å². The Morgan fingerprint density at radius 3 is 2.88 bits per heavy atom. The number of amides is 1. The number of aromatic nitrogens is 1. The Bertz CT molecular complexity index is 393. The van der Waals surface area contributed by atoms with Gasteiger partial charge >= 0.3 is 0 Å². The Morgan fingerprint density at radius 2 is 2.29 bits per heavy atom. The van der Waals surface area contributed by atoms with Crippen LogP contribution in [-0.4, -0.2) is 43.1 Å². The maximum absolute atomic E-state index is 12.0. The Morgan fingerprint density at radius 1 is 1.59 bits per heavy atom. The Labute approximate surface area is 102 Å². The predicted molar refractivity (Wildman–Crippen MR) is 66.8 cm³/mol. The number of nitrogens with zero attached hydrogens (tertiary/aromatic N) is 2. The number of methoxy groups -OCH3 is 1. The zero-order valence-electron chi connectivity index (χ0n) is 10.6. The second-order valence-electron chi connectivity index (χ2n) is 3.99. The van der Waals surface area contributed by atoms with Crippen LogP contribution in [0.5, 0.6) is 0 Å². The Hall–Kier alpha value is -1.62. The third kappa shape index (κ3) is 3.71. The second kappa shape index (κ2) is 6.20. The van der Waals surface area contributed by atoms with Gasteiger partial charge in [-0.25, -0.2) is 0 Å². The van der Waals surface area contributed by atoms with Gasteiger partial charge in [0, 0.05) is 44.9 Å². The maximum atomic E-state index is 12.0. The van der Waals surface area contributed by atoms with E-state index in [2.05, 4.69) is 4.98 Å². The van der Waals surface area contributed by atoms with Crippen LogP contribution in [-0.2, 0) is 4.74 Å². The summed E-state index contributed by atoms with van der Waals surface area (Å²) in [7, 11) is 3.39. The van der Waals surface area contributed by atoms with E-state index < -0.39 is 0 Å². The van der Waals surface area contributed by atoms with Gasteiger partial charge in [0.15, 0.2) is 0 Å². The molecule has 94 valence electrons. The van der Waals surface area contributed by atoms with Crippen LogP contribution in [0.2, 0.25) is 0 Å². The molecule has 0 radical (unpaired) electrons. The number of anilines is 1. The molecular formula is C12H19N3O2. The quantitative estimate of drug-likeness (QED) is 0.778. The maximum Gasteiger partial charge on any atom is 0.257 e. The van der Waals surface area contributed by atoms with Crippen LogP contribution in [0.15, 0.2) is 12.3 Å². The van der Waals surface area contributed by atoms with E-state index >= 15 is 0 Å². The summed E-state index contributed by atoms with van der Waals surface area (Å²) in [5.41, 5.74) is 7.54. The van der Waals surface area contributed by atoms with Crippen molar-refractivity contribution >= 4 is 11.6 Å². The molecule has 5 heteroatoms. The lowest BCUT2D eigenvalue weighted by molar-refractivity contribution is 0.0780. The number of carbonyl (C=O) groups is 1. The molecule has 0 aliphatic heterocycles. The van der Waals surface area contributed by atoms with Crippen molar-refractivity contribution in [2.24, 2.45) is 0 Å². The average Bonchev–Trinajstić information content (AvgIpc) is 2.28. The molecule has 0 saturated heterocycles. The summed E-state index contributed by atoms with van der Waals surface area (Å²) in [6.45, 7) is 3.12. The summed E-state index contributed by atoms with van der Waals surface area (Å²) in [5.74, 6) is -0.105. The molecule has 0 aliphatic carbocycles. The van der Waals surface area contributed by atoms with Crippen molar-refractivity contribution in [3.8, 4) is 0 Å². The van der Waals surface area contributed by atoms with Crippen molar-refractivity contribution in [3.05, 3.63) is 23.5 Å². The van der Waals surface area contributed by atoms with Crippen LogP contribution in [0.3, 0.4) is 0 Å². The van der Waals surface area contributed by atoms with Crippen LogP contribution in [0.1, 0.15) is 22.5 Å². The van der Waals surface area contributed by atoms with E-state index in [9.17, 15) is 4.79 Å². The Balaban J connectivity index is 2.68. The number of aryl methyl sites for hydroxylation is 1. The summed E-state index contributed by atoms with van der Waals surface area (Å²) >= 11 is 0. The molecule has 0 aromatic carbocycles. The number of carbonyl (C=O) groups excluding carboxylic acids is 1. The molecule has 0 bridgehead atoms. The molecular weight excluding hydrogens is 218 g/mol. The number of hydrogen-bond donors (Lipinski definition) is 1. The average molecular weight is 237 g/mol. The first-order valence-electron chi connectivity index (χ1n) is 5.52. The minimum Gasteiger partial charge on any atom is -0.398 e. The first-order valence-corrected chi connectivity index (χ1v) is 5.52. The molecule has 1 heterocycles. The van der Waals surface area contributed by atoms with Crippen LogP contribution < -0.4 is 5.73 Å². The summed E-state index contributed by atoms with van der Waals surface area (Å²) in [6, 6.07) is 1.70. The van der Waals surface area contributed by atoms with Crippen LogP contribution in [0.4, 0.5) is 5.69 Å². The minimum absolute atomic E-state index is 0.105. The Kier molecular flexibility index (Phi) is 4.90. The smallest absolute Gasteiger partial charge is 0.257 e. The third-order valence-electron chi connectivity index (χ3n) is 2.49. The molecule has 17 heavy (non-hydrogen) atoms. The van der Waals surface area contributed by atoms with Crippen LogP contribution >= 0.6 is 0 Å². The predicted octanol–water partition coefficient (Wildman–Crippen LogP) is 1.08. The fourth-order valence-corrected chi connectivity index (χ4v) is 1.51. The van der Waals surface area contributed by atoms with Crippen molar-refractivity contribution in [2.45, 2.75) is 13.3 Å². The van der Waals surface area contributed by atoms with E-state index in [0.29, 0.717) is 24.4 Å². The van der Waals surface area contributed by atoms with Crippen molar-refractivity contribution in [2.75, 3.05) is 33.0 Å². The highest BCUT2D eigenvalue weighted by Crippen LogP contribution is 2.13. The molecule has 0 saturated carbocycles. The highest BCUT2D eigenvalue weighted by molar-refractivity contribution is 5.98. The molecule has 0 fully saturated rings. The number of pyridine rings is 1. The zero-order chi connectivity index (χ0) is 12.8. The molecule has 0 spiro atoms. The van der Waals surface area contributed by atoms with Gasteiger partial charge in [-0.05, 0) is 19.4 Å². The SMILES string of the molecule is COCCCN(C)C(=O)c1cnc(C)cc1N. The first-order chi connectivity index (χ1) is 8.06. The van der Waals surface area contributed by atoms with Crippen molar-refractivity contribution in [3.63, 3.8) is 0 Å². The number of ether oxygens (including phenoxy) is 1. The van der Waals surface area contributed by atoms with Gasteiger partial charge in [-0.15, -0.1) is 0 Å². The van der Waals surface area contributed by atoms with Crippen LogP contribution in [0, 0.1) is 6.92 Å². The van der Waals surface area contributed by atoms with Crippen molar-refractivity contribution in [1.82, 2.24) is 9.88 Å². The fourth-order valence-electron chi connectivity index (χ4n) is 1.51. The molecule has 0 unspecified atom stereocenters. The van der Waals surface area contributed by atoms with Gasteiger partial charge in [0.25, 0.3) is 5.91 Å². The molecule has 0 atom stereocenters. The molecule has 1 rings (SSSR count). The molecule has 1 amide bonds. The lowest BCUT2D eigenvalue weighted by Crippen LogP contribution is -2.29. The van der Waals surface area contributed by atoms with Gasteiger partial charge in [0.05, 0.1) is 5.56 Å². The highest BCUT2D eigenvalue weighted by atomic mass is 16.5. The lowest BCUT2D eigenvalue weighted by atomic mass is 10.2. The first kappa shape index (κ1) is 13.4. The largest absolute Gasteiger partial charge is 0.398 e. The number of hydrogen-bond acceptors (Lipinski definition) is 4. The van der Waals surface area contributed by atoms with E-state index in [1.807, 2.05) is 6.92 Å². The normalized spacial score (nSPS) is 10.3. The second-order valence-corrected chi connectivity index (χ2v) is 3.99. The van der Waals surface area contributed by atoms with Crippen molar-refractivity contribution in [1.29, 1.82) is 0 Å². The summed E-state index contributed by atoms with van der Waals surface area (Å²) < 4.78 is 4.94. The van der Waals surface area contributed by atoms with E-state index in [1.54, 1.807) is 25.1 Å². The van der Waals surface area contributed by atoms with E-state index in [-0.39, 0.29) is 5.91 Å².